The molecule has 2 fully saturated rings. The monoisotopic (exact) mass is 455 g/mol. The number of anilines is 1. The minimum atomic E-state index is -4.48. The van der Waals surface area contributed by atoms with E-state index in [0.717, 1.165) is 25.1 Å². The maximum Gasteiger partial charge on any atom is 0.586 e. The van der Waals surface area contributed by atoms with Crippen molar-refractivity contribution < 1.29 is 36.2 Å². The number of halogens is 5. The van der Waals surface area contributed by atoms with E-state index in [-0.39, 0.29) is 40.9 Å². The number of aromatic nitrogens is 1. The van der Waals surface area contributed by atoms with E-state index in [2.05, 4.69) is 19.8 Å². The summed E-state index contributed by atoms with van der Waals surface area (Å²) in [6.07, 6.45) is -4.96. The molecule has 6 nitrogen and oxygen atoms in total. The van der Waals surface area contributed by atoms with Gasteiger partial charge < -0.3 is 19.7 Å². The fraction of sp³-hybridized carbons (Fsp3) is 0.429. The lowest BCUT2D eigenvalue weighted by atomic mass is 10.0. The van der Waals surface area contributed by atoms with Crippen molar-refractivity contribution >= 4 is 11.7 Å². The van der Waals surface area contributed by atoms with Gasteiger partial charge in [-0.15, -0.1) is 8.78 Å². The molecule has 2 aromatic rings. The molecule has 32 heavy (non-hydrogen) atoms. The molecule has 1 aliphatic carbocycles. The normalized spacial score (nSPS) is 22.3. The number of alkyl halides is 5. The van der Waals surface area contributed by atoms with Crippen LogP contribution < -0.4 is 14.8 Å². The second-order valence-corrected chi connectivity index (χ2v) is 8.40. The Hall–Kier alpha value is -3.11. The Morgan fingerprint density at radius 1 is 1.19 bits per heavy atom. The molecule has 2 aliphatic heterocycles. The van der Waals surface area contributed by atoms with Gasteiger partial charge in [-0.1, -0.05) is 6.07 Å². The highest BCUT2D eigenvalue weighted by molar-refractivity contribution is 5.98. The van der Waals surface area contributed by atoms with Crippen molar-refractivity contribution in [1.29, 1.82) is 0 Å². The van der Waals surface area contributed by atoms with Crippen molar-refractivity contribution in [2.24, 2.45) is 5.41 Å². The van der Waals surface area contributed by atoms with Gasteiger partial charge >= 0.3 is 12.5 Å². The summed E-state index contributed by atoms with van der Waals surface area (Å²) in [5.41, 5.74) is -0.876. The van der Waals surface area contributed by atoms with E-state index in [1.165, 1.54) is 24.3 Å². The molecular formula is C21H18F5N3O3. The number of likely N-dealkylation sites (tertiary alicyclic amines) is 1. The Morgan fingerprint density at radius 3 is 2.62 bits per heavy atom. The van der Waals surface area contributed by atoms with E-state index in [1.54, 1.807) is 4.90 Å². The Kier molecular flexibility index (Phi) is 4.51. The summed E-state index contributed by atoms with van der Waals surface area (Å²) in [5, 5.41) is 2.98. The Balaban J connectivity index is 1.33. The molecule has 1 saturated carbocycles. The number of nitrogens with zero attached hydrogens (tertiary/aromatic N) is 2. The van der Waals surface area contributed by atoms with Gasteiger partial charge in [-0.2, -0.15) is 13.2 Å². The predicted octanol–water partition coefficient (Wildman–Crippen LogP) is 4.53. The summed E-state index contributed by atoms with van der Waals surface area (Å²) in [6, 6.07) is 6.03. The third-order valence-electron chi connectivity index (χ3n) is 6.10. The second kappa shape index (κ2) is 6.94. The Morgan fingerprint density at radius 2 is 1.97 bits per heavy atom. The van der Waals surface area contributed by atoms with Gasteiger partial charge in [0.2, 0.25) is 0 Å². The number of fused-ring (bicyclic) bond motifs is 1. The molecule has 1 aromatic carbocycles. The molecule has 0 radical (unpaired) electrons. The number of amides is 1. The van der Waals surface area contributed by atoms with Gasteiger partial charge in [0.05, 0.1) is 11.1 Å². The highest BCUT2D eigenvalue weighted by Gasteiger charge is 2.54. The summed E-state index contributed by atoms with van der Waals surface area (Å²) in [4.78, 5) is 18.7. The highest BCUT2D eigenvalue weighted by Crippen LogP contribution is 2.55. The molecule has 1 saturated heterocycles. The van der Waals surface area contributed by atoms with E-state index in [0.29, 0.717) is 13.0 Å². The maximum atomic E-state index is 13.5. The van der Waals surface area contributed by atoms with Crippen LogP contribution >= 0.6 is 0 Å². The van der Waals surface area contributed by atoms with Gasteiger partial charge in [-0.05, 0) is 48.9 Å². The summed E-state index contributed by atoms with van der Waals surface area (Å²) >= 11 is 0. The van der Waals surface area contributed by atoms with Crippen LogP contribution in [0, 0.1) is 5.41 Å². The van der Waals surface area contributed by atoms with Crippen LogP contribution in [-0.4, -0.2) is 41.2 Å². The van der Waals surface area contributed by atoms with Crippen molar-refractivity contribution in [1.82, 2.24) is 9.88 Å². The quantitative estimate of drug-likeness (QED) is 0.687. The molecule has 1 amide bonds. The number of nitrogens with one attached hydrogen (secondary N) is 1. The zero-order valence-electron chi connectivity index (χ0n) is 16.6. The maximum absolute atomic E-state index is 13.5. The van der Waals surface area contributed by atoms with Gasteiger partial charge in [-0.3, -0.25) is 4.79 Å². The van der Waals surface area contributed by atoms with E-state index in [9.17, 15) is 26.7 Å². The summed E-state index contributed by atoms with van der Waals surface area (Å²) in [5.74, 6) is -0.710. The average Bonchev–Trinajstić information content (AvgIpc) is 3.25. The predicted molar refractivity (Wildman–Crippen MR) is 101 cm³/mol. The molecule has 3 aliphatic rings. The zero-order valence-corrected chi connectivity index (χ0v) is 16.6. The molecule has 1 N–H and O–H groups in total. The molecule has 170 valence electrons. The van der Waals surface area contributed by atoms with E-state index < -0.39 is 23.9 Å². The van der Waals surface area contributed by atoms with Crippen LogP contribution in [-0.2, 0) is 6.18 Å². The first-order valence-electron chi connectivity index (χ1n) is 10.0. The van der Waals surface area contributed by atoms with E-state index >= 15 is 0 Å². The fourth-order valence-electron chi connectivity index (χ4n) is 4.30. The number of rotatable bonds is 4. The first kappa shape index (κ1) is 20.8. The summed E-state index contributed by atoms with van der Waals surface area (Å²) in [7, 11) is 0. The lowest BCUT2D eigenvalue weighted by molar-refractivity contribution is -0.286. The highest BCUT2D eigenvalue weighted by atomic mass is 19.4. The molecule has 1 spiro atoms. The number of benzene rings is 1. The largest absolute Gasteiger partial charge is 0.586 e. The molecular weight excluding hydrogens is 437 g/mol. The van der Waals surface area contributed by atoms with Gasteiger partial charge in [-0.25, -0.2) is 4.98 Å². The number of carbonyl (C=O) groups excluding carboxylic acids is 1. The number of pyridine rings is 1. The molecule has 0 unspecified atom stereocenters. The molecule has 3 heterocycles. The standard InChI is InChI=1S/C21H18F5N3O3/c22-20(23,24)12-4-5-16(27-9-12)28-10-13-8-19(6-7-19)11-29(13)18(30)14-2-1-3-15-17(14)32-21(25,26)31-15/h1-5,9,13H,6-8,10-11H2,(H,27,28)/t13-/m0/s1. The minimum Gasteiger partial charge on any atom is -0.395 e. The van der Waals surface area contributed by atoms with Crippen LogP contribution in [0.4, 0.5) is 27.8 Å². The van der Waals surface area contributed by atoms with Crippen LogP contribution in [0.5, 0.6) is 11.5 Å². The van der Waals surface area contributed by atoms with Crippen molar-refractivity contribution in [2.75, 3.05) is 18.4 Å². The summed E-state index contributed by atoms with van der Waals surface area (Å²) < 4.78 is 74.2. The number of hydrogen-bond donors (Lipinski definition) is 1. The SMILES string of the molecule is O=C(c1cccc2c1OC(F)(F)O2)N1CC2(CC2)C[C@H]1CNc1ccc(C(F)(F)F)cn1. The molecule has 5 rings (SSSR count). The third kappa shape index (κ3) is 3.80. The average molecular weight is 455 g/mol. The number of para-hydroxylation sites is 1. The summed E-state index contributed by atoms with van der Waals surface area (Å²) in [6.45, 7) is 0.730. The van der Waals surface area contributed by atoms with Crippen molar-refractivity contribution in [3.8, 4) is 11.5 Å². The minimum absolute atomic E-state index is 0.00513. The van der Waals surface area contributed by atoms with E-state index in [1.807, 2.05) is 0 Å². The molecule has 1 atom stereocenters. The second-order valence-electron chi connectivity index (χ2n) is 8.40. The smallest absolute Gasteiger partial charge is 0.395 e. The Labute approximate surface area is 179 Å². The topological polar surface area (TPSA) is 63.7 Å². The first-order valence-corrected chi connectivity index (χ1v) is 10.0. The third-order valence-corrected chi connectivity index (χ3v) is 6.10. The van der Waals surface area contributed by atoms with Gasteiger partial charge in [0.15, 0.2) is 11.5 Å². The Bertz CT molecular complexity index is 1050. The number of hydrogen-bond acceptors (Lipinski definition) is 5. The van der Waals surface area contributed by atoms with Crippen molar-refractivity contribution in [3.05, 3.63) is 47.7 Å². The molecule has 1 aromatic heterocycles. The number of carbonyl (C=O) groups is 1. The lowest BCUT2D eigenvalue weighted by Crippen LogP contribution is -2.40. The fourth-order valence-corrected chi connectivity index (χ4v) is 4.30. The van der Waals surface area contributed by atoms with Crippen LogP contribution in [0.2, 0.25) is 0 Å². The van der Waals surface area contributed by atoms with Gasteiger partial charge in [0, 0.05) is 25.3 Å². The molecule has 0 bridgehead atoms. The lowest BCUT2D eigenvalue weighted by Gasteiger charge is -2.25. The first-order chi connectivity index (χ1) is 15.1. The number of ether oxygens (including phenoxy) is 2. The van der Waals surface area contributed by atoms with Gasteiger partial charge in [0.1, 0.15) is 5.82 Å². The van der Waals surface area contributed by atoms with Crippen molar-refractivity contribution in [3.63, 3.8) is 0 Å². The van der Waals surface area contributed by atoms with Crippen LogP contribution in [0.1, 0.15) is 35.2 Å². The van der Waals surface area contributed by atoms with Crippen LogP contribution in [0.15, 0.2) is 36.5 Å². The van der Waals surface area contributed by atoms with Crippen molar-refractivity contribution in [2.45, 2.75) is 37.8 Å². The van der Waals surface area contributed by atoms with Crippen LogP contribution in [0.25, 0.3) is 0 Å². The zero-order chi connectivity index (χ0) is 22.7. The molecule has 11 heteroatoms. The van der Waals surface area contributed by atoms with E-state index in [4.69, 9.17) is 0 Å². The van der Waals surface area contributed by atoms with Crippen LogP contribution in [0.3, 0.4) is 0 Å². The van der Waals surface area contributed by atoms with Gasteiger partial charge in [0.25, 0.3) is 5.91 Å².